The summed E-state index contributed by atoms with van der Waals surface area (Å²) >= 11 is 0. The molecule has 27 heavy (non-hydrogen) atoms. The number of carbonyl (C=O) groups excluding carboxylic acids is 2. The number of hydrogen-bond donors (Lipinski definition) is 0. The molecular weight excluding hydrogens is 340 g/mol. The van der Waals surface area contributed by atoms with Gasteiger partial charge in [0.05, 0.1) is 6.61 Å². The van der Waals surface area contributed by atoms with E-state index < -0.39 is 0 Å². The number of methoxy groups -OCH3 is 1. The zero-order chi connectivity index (χ0) is 20.1. The van der Waals surface area contributed by atoms with Crippen molar-refractivity contribution < 1.29 is 19.1 Å². The van der Waals surface area contributed by atoms with E-state index in [9.17, 15) is 9.59 Å². The lowest BCUT2D eigenvalue weighted by molar-refractivity contribution is -0.140. The van der Waals surface area contributed by atoms with Crippen LogP contribution in [-0.4, -0.2) is 32.6 Å². The fraction of sp³-hybridized carbons (Fsp3) is 0.478. The Bertz CT molecular complexity index is 608. The van der Waals surface area contributed by atoms with Gasteiger partial charge in [-0.05, 0) is 48.8 Å². The minimum atomic E-state index is -0.364. The van der Waals surface area contributed by atoms with Crippen molar-refractivity contribution in [1.29, 1.82) is 0 Å². The average Bonchev–Trinajstić information content (AvgIpc) is 2.68. The zero-order valence-corrected chi connectivity index (χ0v) is 16.8. The molecule has 1 aliphatic carbocycles. The summed E-state index contributed by atoms with van der Waals surface area (Å²) in [7, 11) is 1.55. The quantitative estimate of drug-likeness (QED) is 0.294. The van der Waals surface area contributed by atoms with Gasteiger partial charge in [-0.3, -0.25) is 4.79 Å². The topological polar surface area (TPSA) is 52.6 Å². The highest BCUT2D eigenvalue weighted by atomic mass is 16.6. The third-order valence-electron chi connectivity index (χ3n) is 4.66. The van der Waals surface area contributed by atoms with E-state index in [2.05, 4.69) is 47.2 Å². The van der Waals surface area contributed by atoms with Crippen LogP contribution in [0.5, 0.6) is 0 Å². The highest BCUT2D eigenvalue weighted by Crippen LogP contribution is 2.35. The molecule has 1 aliphatic rings. The van der Waals surface area contributed by atoms with Crippen LogP contribution < -0.4 is 0 Å². The standard InChI is InChI=1S/C16H20O.C7H12O3/c1-13-4-8-15(9-5-13)16-10-6-14(7-11-16)3-2-12-17;1-6(2)7(8)10-5-4-9-3/h2-3,6-7,10-13,15H,4-5,8-9H2,1H3;1,4-5H2,2-3H3/b3-2+;. The maximum absolute atomic E-state index is 10.6. The third-order valence-corrected chi connectivity index (χ3v) is 4.66. The Hall–Kier alpha value is -2.20. The number of benzene rings is 1. The number of carbonyl (C=O) groups is 2. The molecule has 4 heteroatoms. The Labute approximate surface area is 163 Å². The Kier molecular flexibility index (Phi) is 11.0. The highest BCUT2D eigenvalue weighted by Gasteiger charge is 2.19. The van der Waals surface area contributed by atoms with Crippen LogP contribution in [0, 0.1) is 5.92 Å². The van der Waals surface area contributed by atoms with Crippen molar-refractivity contribution in [3.8, 4) is 0 Å². The lowest BCUT2D eigenvalue weighted by Crippen LogP contribution is -2.10. The van der Waals surface area contributed by atoms with Gasteiger partial charge in [0.15, 0.2) is 0 Å². The first-order valence-electron chi connectivity index (χ1n) is 9.51. The normalized spacial score (nSPS) is 19.1. The van der Waals surface area contributed by atoms with E-state index in [1.54, 1.807) is 14.0 Å². The molecule has 2 rings (SSSR count). The summed E-state index contributed by atoms with van der Waals surface area (Å²) in [5.41, 5.74) is 2.97. The molecule has 0 N–H and O–H groups in total. The number of allylic oxidation sites excluding steroid dienone is 1. The van der Waals surface area contributed by atoms with Gasteiger partial charge in [-0.25, -0.2) is 4.79 Å². The molecule has 0 bridgehead atoms. The van der Waals surface area contributed by atoms with Crippen molar-refractivity contribution in [3.05, 3.63) is 53.6 Å². The summed E-state index contributed by atoms with van der Waals surface area (Å²) in [5.74, 6) is 1.29. The van der Waals surface area contributed by atoms with Crippen molar-refractivity contribution >= 4 is 18.3 Å². The minimum absolute atomic E-state index is 0.294. The van der Waals surface area contributed by atoms with Crippen LogP contribution in [0.3, 0.4) is 0 Å². The molecule has 0 amide bonds. The highest BCUT2D eigenvalue weighted by molar-refractivity contribution is 5.86. The number of rotatable bonds is 7. The van der Waals surface area contributed by atoms with Crippen LogP contribution in [-0.2, 0) is 19.1 Å². The summed E-state index contributed by atoms with van der Waals surface area (Å²) in [4.78, 5) is 20.9. The molecule has 1 saturated carbocycles. The first-order valence-corrected chi connectivity index (χ1v) is 9.51. The maximum atomic E-state index is 10.6. The molecule has 1 aromatic rings. The molecule has 4 nitrogen and oxygen atoms in total. The first kappa shape index (κ1) is 22.8. The number of hydrogen-bond acceptors (Lipinski definition) is 4. The summed E-state index contributed by atoms with van der Waals surface area (Å²) in [6.07, 6.45) is 9.57. The Morgan fingerprint density at radius 3 is 2.30 bits per heavy atom. The van der Waals surface area contributed by atoms with Crippen LogP contribution in [0.25, 0.3) is 6.08 Å². The van der Waals surface area contributed by atoms with Crippen LogP contribution in [0.2, 0.25) is 0 Å². The molecule has 0 atom stereocenters. The SMILES string of the molecule is C=C(C)C(=O)OCCOC.CC1CCC(c2ccc(/C=C/C=O)cc2)CC1. The van der Waals surface area contributed by atoms with Crippen LogP contribution in [0.1, 0.15) is 56.6 Å². The van der Waals surface area contributed by atoms with E-state index >= 15 is 0 Å². The second-order valence-electron chi connectivity index (χ2n) is 7.03. The van der Waals surface area contributed by atoms with Crippen LogP contribution >= 0.6 is 0 Å². The molecule has 148 valence electrons. The summed E-state index contributed by atoms with van der Waals surface area (Å²) < 4.78 is 9.35. The number of aldehydes is 1. The van der Waals surface area contributed by atoms with E-state index in [0.717, 1.165) is 23.7 Å². The van der Waals surface area contributed by atoms with Gasteiger partial charge in [-0.15, -0.1) is 0 Å². The Morgan fingerprint density at radius 2 is 1.78 bits per heavy atom. The fourth-order valence-corrected chi connectivity index (χ4v) is 2.96. The lowest BCUT2D eigenvalue weighted by atomic mass is 9.79. The minimum Gasteiger partial charge on any atom is -0.460 e. The molecule has 1 fully saturated rings. The average molecular weight is 373 g/mol. The largest absolute Gasteiger partial charge is 0.460 e. The maximum Gasteiger partial charge on any atom is 0.333 e. The van der Waals surface area contributed by atoms with Crippen molar-refractivity contribution in [1.82, 2.24) is 0 Å². The molecular formula is C23H32O4. The number of esters is 1. The van der Waals surface area contributed by atoms with Crippen LogP contribution in [0.4, 0.5) is 0 Å². The predicted octanol–water partition coefficient (Wildman–Crippen LogP) is 4.94. The predicted molar refractivity (Wildman–Crippen MR) is 110 cm³/mol. The van der Waals surface area contributed by atoms with E-state index in [0.29, 0.717) is 18.8 Å². The molecule has 0 spiro atoms. The van der Waals surface area contributed by atoms with Gasteiger partial charge in [0.2, 0.25) is 0 Å². The molecule has 0 heterocycles. The van der Waals surface area contributed by atoms with Crippen molar-refractivity contribution in [3.63, 3.8) is 0 Å². The molecule has 0 radical (unpaired) electrons. The first-order chi connectivity index (χ1) is 13.0. The zero-order valence-electron chi connectivity index (χ0n) is 16.8. The summed E-state index contributed by atoms with van der Waals surface area (Å²) in [6.45, 7) is 8.10. The second-order valence-corrected chi connectivity index (χ2v) is 7.03. The molecule has 0 saturated heterocycles. The van der Waals surface area contributed by atoms with E-state index in [-0.39, 0.29) is 5.97 Å². The Balaban J connectivity index is 0.000000314. The lowest BCUT2D eigenvalue weighted by Gasteiger charge is -2.26. The van der Waals surface area contributed by atoms with Gasteiger partial charge in [-0.2, -0.15) is 0 Å². The van der Waals surface area contributed by atoms with Crippen molar-refractivity contribution in [2.24, 2.45) is 5.92 Å². The van der Waals surface area contributed by atoms with Crippen molar-refractivity contribution in [2.45, 2.75) is 45.4 Å². The van der Waals surface area contributed by atoms with Gasteiger partial charge in [0, 0.05) is 12.7 Å². The summed E-state index contributed by atoms with van der Waals surface area (Å²) in [6, 6.07) is 8.64. The number of ether oxygens (including phenoxy) is 2. The third kappa shape index (κ3) is 9.34. The van der Waals surface area contributed by atoms with Gasteiger partial charge in [0.25, 0.3) is 0 Å². The summed E-state index contributed by atoms with van der Waals surface area (Å²) in [5, 5.41) is 0. The fourth-order valence-electron chi connectivity index (χ4n) is 2.96. The molecule has 0 unspecified atom stereocenters. The van der Waals surface area contributed by atoms with Crippen LogP contribution in [0.15, 0.2) is 42.5 Å². The van der Waals surface area contributed by atoms with E-state index in [1.165, 1.54) is 37.3 Å². The van der Waals surface area contributed by atoms with Gasteiger partial charge < -0.3 is 9.47 Å². The Morgan fingerprint density at radius 1 is 1.15 bits per heavy atom. The molecule has 0 aliphatic heterocycles. The second kappa shape index (κ2) is 13.0. The smallest absolute Gasteiger partial charge is 0.333 e. The van der Waals surface area contributed by atoms with Gasteiger partial charge in [-0.1, -0.05) is 56.7 Å². The monoisotopic (exact) mass is 372 g/mol. The van der Waals surface area contributed by atoms with Gasteiger partial charge in [0.1, 0.15) is 12.9 Å². The van der Waals surface area contributed by atoms with E-state index in [1.807, 2.05) is 6.08 Å². The van der Waals surface area contributed by atoms with E-state index in [4.69, 9.17) is 0 Å². The van der Waals surface area contributed by atoms with Gasteiger partial charge >= 0.3 is 5.97 Å². The molecule has 1 aromatic carbocycles. The molecule has 0 aromatic heterocycles. The van der Waals surface area contributed by atoms with Crippen molar-refractivity contribution in [2.75, 3.05) is 20.3 Å².